The predicted octanol–water partition coefficient (Wildman–Crippen LogP) is 2.58. The van der Waals surface area contributed by atoms with Gasteiger partial charge < -0.3 is 10.1 Å². The number of esters is 1. The van der Waals surface area contributed by atoms with Crippen molar-refractivity contribution in [1.29, 1.82) is 0 Å². The van der Waals surface area contributed by atoms with Gasteiger partial charge in [0.25, 0.3) is 11.6 Å². The molecule has 0 radical (unpaired) electrons. The lowest BCUT2D eigenvalue weighted by atomic mass is 10.1. The number of rotatable bonds is 10. The summed E-state index contributed by atoms with van der Waals surface area (Å²) in [6.07, 6.45) is 2.00. The summed E-state index contributed by atoms with van der Waals surface area (Å²) in [6, 6.07) is 14.9. The average Bonchev–Trinajstić information content (AvgIpc) is 2.81. The van der Waals surface area contributed by atoms with E-state index in [2.05, 4.69) is 16.2 Å². The second-order valence-electron chi connectivity index (χ2n) is 6.92. The number of nitro benzene ring substituents is 1. The monoisotopic (exact) mass is 472 g/mol. The maximum Gasteiger partial charge on any atom is 0.305 e. The summed E-state index contributed by atoms with van der Waals surface area (Å²) in [7, 11) is 0. The number of amides is 2. The first-order valence-electron chi connectivity index (χ1n) is 10.2. The molecule has 10 nitrogen and oxygen atoms in total. The van der Waals surface area contributed by atoms with Gasteiger partial charge in [-0.05, 0) is 49.2 Å². The summed E-state index contributed by atoms with van der Waals surface area (Å²) >= 11 is 4.93. The van der Waals surface area contributed by atoms with Crippen molar-refractivity contribution in [3.8, 4) is 0 Å². The second-order valence-corrected chi connectivity index (χ2v) is 7.33. The van der Waals surface area contributed by atoms with E-state index in [0.717, 1.165) is 12.8 Å². The number of carbonyl (C=O) groups is 3. The van der Waals surface area contributed by atoms with Crippen LogP contribution in [0.15, 0.2) is 54.6 Å². The van der Waals surface area contributed by atoms with Gasteiger partial charge in [-0.1, -0.05) is 30.3 Å². The zero-order valence-electron chi connectivity index (χ0n) is 17.7. The van der Waals surface area contributed by atoms with Crippen LogP contribution in [0.2, 0.25) is 0 Å². The van der Waals surface area contributed by atoms with Gasteiger partial charge in [0, 0.05) is 30.5 Å². The van der Waals surface area contributed by atoms with Crippen LogP contribution in [0, 0.1) is 10.1 Å². The first-order valence-corrected chi connectivity index (χ1v) is 10.6. The topological polar surface area (TPSA) is 140 Å². The molecular weight excluding hydrogens is 448 g/mol. The molecule has 2 aromatic carbocycles. The molecule has 33 heavy (non-hydrogen) atoms. The molecule has 0 unspecified atom stereocenters. The summed E-state index contributed by atoms with van der Waals surface area (Å²) in [5.41, 5.74) is 5.86. The van der Waals surface area contributed by atoms with Crippen LogP contribution in [-0.4, -0.2) is 34.4 Å². The fourth-order valence-corrected chi connectivity index (χ4v) is 2.88. The van der Waals surface area contributed by atoms with E-state index in [9.17, 15) is 24.5 Å². The molecule has 0 aliphatic rings. The smallest absolute Gasteiger partial charge is 0.305 e. The number of hydrogen-bond donors (Lipinski definition) is 3. The van der Waals surface area contributed by atoms with Crippen molar-refractivity contribution < 1.29 is 24.0 Å². The fraction of sp³-hybridized carbons (Fsp3) is 0.273. The minimum absolute atomic E-state index is 0.0528. The highest BCUT2D eigenvalue weighted by Gasteiger charge is 2.11. The normalized spacial score (nSPS) is 10.1. The van der Waals surface area contributed by atoms with Crippen molar-refractivity contribution in [2.45, 2.75) is 32.1 Å². The third-order valence-corrected chi connectivity index (χ3v) is 4.59. The van der Waals surface area contributed by atoms with E-state index in [1.807, 2.05) is 30.3 Å². The number of thiocarbonyl (C=S) groups is 1. The lowest BCUT2D eigenvalue weighted by Gasteiger charge is -2.10. The highest BCUT2D eigenvalue weighted by molar-refractivity contribution is 7.80. The summed E-state index contributed by atoms with van der Waals surface area (Å²) in [5.74, 6) is -1.38. The van der Waals surface area contributed by atoms with E-state index < -0.39 is 16.7 Å². The van der Waals surface area contributed by atoms with Gasteiger partial charge in [0.15, 0.2) is 5.11 Å². The molecule has 0 saturated carbocycles. The van der Waals surface area contributed by atoms with Crippen molar-refractivity contribution >= 4 is 40.8 Å². The summed E-state index contributed by atoms with van der Waals surface area (Å²) in [5, 5.41) is 12.9. The lowest BCUT2D eigenvalue weighted by Crippen LogP contribution is -2.48. The van der Waals surface area contributed by atoms with Crippen molar-refractivity contribution in [2.24, 2.45) is 0 Å². The van der Waals surface area contributed by atoms with Crippen molar-refractivity contribution in [3.63, 3.8) is 0 Å². The Morgan fingerprint density at radius 1 is 0.939 bits per heavy atom. The number of ether oxygens (including phenoxy) is 1. The number of aryl methyl sites for hydroxylation is 1. The van der Waals surface area contributed by atoms with Gasteiger partial charge >= 0.3 is 5.97 Å². The maximum atomic E-state index is 12.0. The molecule has 2 rings (SSSR count). The Balaban J connectivity index is 1.56. The molecule has 0 heterocycles. The van der Waals surface area contributed by atoms with E-state index in [4.69, 9.17) is 17.0 Å². The van der Waals surface area contributed by atoms with Crippen LogP contribution in [0.3, 0.4) is 0 Å². The van der Waals surface area contributed by atoms with Crippen LogP contribution in [0.1, 0.15) is 41.6 Å². The quantitative estimate of drug-likeness (QED) is 0.158. The van der Waals surface area contributed by atoms with E-state index >= 15 is 0 Å². The van der Waals surface area contributed by atoms with Gasteiger partial charge in [-0.25, -0.2) is 0 Å². The van der Waals surface area contributed by atoms with Gasteiger partial charge in [-0.2, -0.15) is 0 Å². The number of nitro groups is 1. The zero-order chi connectivity index (χ0) is 24.1. The molecule has 0 fully saturated rings. The number of benzene rings is 2. The summed E-state index contributed by atoms with van der Waals surface area (Å²) in [4.78, 5) is 45.7. The second kappa shape index (κ2) is 13.5. The first kappa shape index (κ1) is 25.4. The summed E-state index contributed by atoms with van der Waals surface area (Å²) in [6.45, 7) is 0.322. The Bertz CT molecular complexity index is 982. The average molecular weight is 473 g/mol. The SMILES string of the molecule is O=C(CCCC(=O)OCCCc1ccccc1)NC(=S)NNC(=O)c1ccc([N+](=O)[O-])cc1. The molecule has 0 bridgehead atoms. The van der Waals surface area contributed by atoms with Crippen LogP contribution in [0.5, 0.6) is 0 Å². The van der Waals surface area contributed by atoms with E-state index in [0.29, 0.717) is 13.0 Å². The van der Waals surface area contributed by atoms with Crippen LogP contribution in [0.25, 0.3) is 0 Å². The van der Waals surface area contributed by atoms with Gasteiger partial charge in [0.2, 0.25) is 5.91 Å². The molecule has 2 aromatic rings. The van der Waals surface area contributed by atoms with Crippen LogP contribution >= 0.6 is 12.2 Å². The highest BCUT2D eigenvalue weighted by Crippen LogP contribution is 2.11. The Morgan fingerprint density at radius 3 is 2.30 bits per heavy atom. The highest BCUT2D eigenvalue weighted by atomic mass is 32.1. The molecule has 0 aromatic heterocycles. The zero-order valence-corrected chi connectivity index (χ0v) is 18.6. The Kier molecular flexibility index (Phi) is 10.4. The van der Waals surface area contributed by atoms with Gasteiger partial charge in [0.05, 0.1) is 11.5 Å². The van der Waals surface area contributed by atoms with E-state index in [1.54, 1.807) is 0 Å². The largest absolute Gasteiger partial charge is 0.466 e. The minimum atomic E-state index is -0.587. The first-order chi connectivity index (χ1) is 15.8. The number of carbonyl (C=O) groups excluding carboxylic acids is 3. The predicted molar refractivity (Wildman–Crippen MR) is 124 cm³/mol. The number of nitrogens with zero attached hydrogens (tertiary/aromatic N) is 1. The Morgan fingerprint density at radius 2 is 1.64 bits per heavy atom. The molecule has 11 heteroatoms. The van der Waals surface area contributed by atoms with Gasteiger partial charge in [-0.3, -0.25) is 35.3 Å². The molecule has 3 N–H and O–H groups in total. The molecule has 0 atom stereocenters. The molecule has 174 valence electrons. The third-order valence-electron chi connectivity index (χ3n) is 4.38. The van der Waals surface area contributed by atoms with Crippen molar-refractivity contribution in [3.05, 3.63) is 75.8 Å². The maximum absolute atomic E-state index is 12.0. The number of non-ortho nitro benzene ring substituents is 1. The van der Waals surface area contributed by atoms with E-state index in [-0.39, 0.29) is 35.2 Å². The van der Waals surface area contributed by atoms with Crippen LogP contribution in [0.4, 0.5) is 5.69 Å². The minimum Gasteiger partial charge on any atom is -0.466 e. The van der Waals surface area contributed by atoms with Gasteiger partial charge in [0.1, 0.15) is 0 Å². The van der Waals surface area contributed by atoms with Crippen LogP contribution in [-0.2, 0) is 20.7 Å². The molecule has 2 amide bonds. The molecular formula is C22H24N4O6S. The number of hydrazine groups is 1. The standard InChI is InChI=1S/C22H24N4O6S/c27-19(9-4-10-20(28)32-15-5-8-16-6-2-1-3-7-16)23-22(33)25-24-21(29)17-11-13-18(14-12-17)26(30)31/h1-3,6-7,11-14H,4-5,8-10,15H2,(H,24,29)(H2,23,25,27,33). The van der Waals surface area contributed by atoms with Crippen LogP contribution < -0.4 is 16.2 Å². The van der Waals surface area contributed by atoms with Gasteiger partial charge in [-0.15, -0.1) is 0 Å². The molecule has 0 aliphatic carbocycles. The third kappa shape index (κ3) is 9.87. The Hall–Kier alpha value is -3.86. The van der Waals surface area contributed by atoms with E-state index in [1.165, 1.54) is 29.8 Å². The van der Waals surface area contributed by atoms with Crippen molar-refractivity contribution in [2.75, 3.05) is 6.61 Å². The number of hydrogen-bond acceptors (Lipinski definition) is 7. The fourth-order valence-electron chi connectivity index (χ4n) is 2.71. The molecule has 0 saturated heterocycles. The molecule has 0 aliphatic heterocycles. The summed E-state index contributed by atoms with van der Waals surface area (Å²) < 4.78 is 5.16. The molecule has 0 spiro atoms. The van der Waals surface area contributed by atoms with Crippen molar-refractivity contribution in [1.82, 2.24) is 16.2 Å². The Labute approximate surface area is 195 Å². The lowest BCUT2D eigenvalue weighted by molar-refractivity contribution is -0.384. The number of nitrogens with one attached hydrogen (secondary N) is 3.